The van der Waals surface area contributed by atoms with Gasteiger partial charge in [0.15, 0.2) is 5.01 Å². The Hall–Kier alpha value is -2.39. The van der Waals surface area contributed by atoms with Crippen molar-refractivity contribution in [2.24, 2.45) is 0 Å². The fourth-order valence-electron chi connectivity index (χ4n) is 2.99. The number of amides is 1. The minimum Gasteiger partial charge on any atom is -0.444 e. The van der Waals surface area contributed by atoms with Gasteiger partial charge in [-0.15, -0.1) is 11.3 Å². The van der Waals surface area contributed by atoms with Gasteiger partial charge in [-0.1, -0.05) is 30.3 Å². The Kier molecular flexibility index (Phi) is 5.01. The number of carbonyl (C=O) groups excluding carboxylic acids is 1. The van der Waals surface area contributed by atoms with E-state index in [0.29, 0.717) is 25.9 Å². The highest BCUT2D eigenvalue weighted by molar-refractivity contribution is 7.10. The predicted octanol–water partition coefficient (Wildman–Crippen LogP) is 4.96. The smallest absolute Gasteiger partial charge is 0.410 e. The molecule has 0 bridgehead atoms. The van der Waals surface area contributed by atoms with Gasteiger partial charge in [-0.05, 0) is 20.8 Å². The van der Waals surface area contributed by atoms with Crippen LogP contribution in [0, 0.1) is 6.57 Å². The average Bonchev–Trinajstić information content (AvgIpc) is 3.12. The summed E-state index contributed by atoms with van der Waals surface area (Å²) in [7, 11) is 0. The van der Waals surface area contributed by atoms with Gasteiger partial charge in [0.05, 0.1) is 18.5 Å². The molecule has 1 amide bonds. The molecule has 1 aromatic carbocycles. The van der Waals surface area contributed by atoms with Crippen molar-refractivity contribution < 1.29 is 9.53 Å². The third-order valence-corrected chi connectivity index (χ3v) is 5.46. The Morgan fingerprint density at radius 3 is 2.50 bits per heavy atom. The summed E-state index contributed by atoms with van der Waals surface area (Å²) in [5.41, 5.74) is 0.811. The van der Waals surface area contributed by atoms with Crippen molar-refractivity contribution in [3.8, 4) is 11.3 Å². The van der Waals surface area contributed by atoms with Gasteiger partial charge in [-0.25, -0.2) is 16.4 Å². The van der Waals surface area contributed by atoms with E-state index in [1.54, 1.807) is 4.90 Å². The second-order valence-corrected chi connectivity index (χ2v) is 8.37. The van der Waals surface area contributed by atoms with E-state index >= 15 is 0 Å². The molecule has 136 valence electrons. The number of benzene rings is 1. The van der Waals surface area contributed by atoms with E-state index in [9.17, 15) is 4.79 Å². The van der Waals surface area contributed by atoms with Crippen LogP contribution in [0.25, 0.3) is 16.1 Å². The molecule has 6 heteroatoms. The van der Waals surface area contributed by atoms with Crippen LogP contribution in [-0.2, 0) is 10.3 Å². The molecule has 1 aromatic heterocycles. The first kappa shape index (κ1) is 18.4. The molecular formula is C20H23N3O2S. The Bertz CT molecular complexity index is 810. The molecule has 5 nitrogen and oxygen atoms in total. The largest absolute Gasteiger partial charge is 0.444 e. The lowest BCUT2D eigenvalue weighted by Crippen LogP contribution is -2.45. The Balaban J connectivity index is 1.73. The van der Waals surface area contributed by atoms with E-state index in [1.165, 1.54) is 11.3 Å². The first-order valence-electron chi connectivity index (χ1n) is 8.71. The SMILES string of the molecule is [C-]#[N+]C1(c2nc(-c3ccccc3)cs2)CCN(C(=O)OC(C)(C)C)CC1. The fraction of sp³-hybridized carbons (Fsp3) is 0.450. The summed E-state index contributed by atoms with van der Waals surface area (Å²) in [6, 6.07) is 9.99. The summed E-state index contributed by atoms with van der Waals surface area (Å²) in [6.07, 6.45) is 0.856. The highest BCUT2D eigenvalue weighted by Gasteiger charge is 2.46. The van der Waals surface area contributed by atoms with E-state index in [0.717, 1.165) is 16.3 Å². The monoisotopic (exact) mass is 369 g/mol. The van der Waals surface area contributed by atoms with Crippen molar-refractivity contribution in [1.82, 2.24) is 9.88 Å². The standard InChI is InChI=1S/C20H23N3O2S/c1-19(2,3)25-18(24)23-12-10-20(21-4,11-13-23)17-22-16(14-26-17)15-8-6-5-7-9-15/h5-9,14H,10-13H2,1-3H3. The first-order chi connectivity index (χ1) is 12.3. The van der Waals surface area contributed by atoms with Crippen LogP contribution in [0.5, 0.6) is 0 Å². The molecule has 0 unspecified atom stereocenters. The van der Waals surface area contributed by atoms with E-state index in [2.05, 4.69) is 4.85 Å². The van der Waals surface area contributed by atoms with Crippen LogP contribution in [0.2, 0.25) is 0 Å². The molecule has 1 aliphatic heterocycles. The summed E-state index contributed by atoms with van der Waals surface area (Å²) < 4.78 is 5.44. The number of nitrogens with zero attached hydrogens (tertiary/aromatic N) is 3. The lowest BCUT2D eigenvalue weighted by molar-refractivity contribution is 0.0182. The van der Waals surface area contributed by atoms with Gasteiger partial charge < -0.3 is 14.5 Å². The molecule has 1 fully saturated rings. The second kappa shape index (κ2) is 7.08. The molecule has 2 heterocycles. The van der Waals surface area contributed by atoms with E-state index in [-0.39, 0.29) is 6.09 Å². The molecule has 0 N–H and O–H groups in total. The summed E-state index contributed by atoms with van der Waals surface area (Å²) in [4.78, 5) is 22.6. The maximum absolute atomic E-state index is 12.3. The summed E-state index contributed by atoms with van der Waals surface area (Å²) in [5.74, 6) is 0. The lowest BCUT2D eigenvalue weighted by Gasteiger charge is -2.34. The van der Waals surface area contributed by atoms with Crippen LogP contribution >= 0.6 is 11.3 Å². The fourth-order valence-corrected chi connectivity index (χ4v) is 4.02. The van der Waals surface area contributed by atoms with Gasteiger partial charge in [-0.3, -0.25) is 0 Å². The molecule has 0 aliphatic carbocycles. The van der Waals surface area contributed by atoms with Crippen molar-refractivity contribution in [2.75, 3.05) is 13.1 Å². The minimum atomic E-state index is -0.643. The van der Waals surface area contributed by atoms with Gasteiger partial charge in [0.25, 0.3) is 5.54 Å². The first-order valence-corrected chi connectivity index (χ1v) is 9.59. The Morgan fingerprint density at radius 1 is 1.27 bits per heavy atom. The van der Waals surface area contributed by atoms with E-state index < -0.39 is 11.1 Å². The molecule has 0 saturated carbocycles. The van der Waals surface area contributed by atoms with Crippen molar-refractivity contribution in [3.05, 3.63) is 52.1 Å². The number of thiazole rings is 1. The third-order valence-electron chi connectivity index (χ3n) is 4.43. The molecule has 2 aromatic rings. The predicted molar refractivity (Wildman–Crippen MR) is 103 cm³/mol. The molecule has 26 heavy (non-hydrogen) atoms. The van der Waals surface area contributed by atoms with Crippen LogP contribution in [0.1, 0.15) is 38.6 Å². The van der Waals surface area contributed by atoms with Gasteiger partial charge in [0, 0.05) is 24.0 Å². The van der Waals surface area contributed by atoms with Crippen LogP contribution in [0.3, 0.4) is 0 Å². The Labute approximate surface area is 158 Å². The zero-order valence-corrected chi connectivity index (χ0v) is 16.2. The van der Waals surface area contributed by atoms with Gasteiger partial charge >= 0.3 is 6.09 Å². The van der Waals surface area contributed by atoms with Gasteiger partial charge in [0.1, 0.15) is 5.60 Å². The number of ether oxygens (including phenoxy) is 1. The summed E-state index contributed by atoms with van der Waals surface area (Å²) in [6.45, 7) is 14.4. The molecule has 0 atom stereocenters. The van der Waals surface area contributed by atoms with E-state index in [1.807, 2.05) is 56.5 Å². The molecule has 1 saturated heterocycles. The number of aromatic nitrogens is 1. The molecule has 0 radical (unpaired) electrons. The zero-order chi connectivity index (χ0) is 18.8. The zero-order valence-electron chi connectivity index (χ0n) is 15.4. The quantitative estimate of drug-likeness (QED) is 0.703. The number of rotatable bonds is 2. The van der Waals surface area contributed by atoms with Crippen LogP contribution in [0.15, 0.2) is 35.7 Å². The normalized spacial score (nSPS) is 16.8. The van der Waals surface area contributed by atoms with Crippen molar-refractivity contribution in [1.29, 1.82) is 0 Å². The van der Waals surface area contributed by atoms with Gasteiger partial charge in [0.2, 0.25) is 0 Å². The number of piperidine rings is 1. The van der Waals surface area contributed by atoms with Crippen molar-refractivity contribution in [3.63, 3.8) is 0 Å². The van der Waals surface area contributed by atoms with Crippen molar-refractivity contribution >= 4 is 17.4 Å². The second-order valence-electron chi connectivity index (χ2n) is 7.51. The topological polar surface area (TPSA) is 46.8 Å². The molecular weight excluding hydrogens is 346 g/mol. The highest BCUT2D eigenvalue weighted by Crippen LogP contribution is 2.40. The highest BCUT2D eigenvalue weighted by atomic mass is 32.1. The molecule has 3 rings (SSSR count). The number of carbonyl (C=O) groups is 1. The van der Waals surface area contributed by atoms with E-state index in [4.69, 9.17) is 16.3 Å². The maximum atomic E-state index is 12.3. The minimum absolute atomic E-state index is 0.305. The van der Waals surface area contributed by atoms with Crippen LogP contribution < -0.4 is 0 Å². The number of hydrogen-bond acceptors (Lipinski definition) is 4. The van der Waals surface area contributed by atoms with Crippen LogP contribution in [0.4, 0.5) is 4.79 Å². The molecule has 0 spiro atoms. The average molecular weight is 369 g/mol. The summed E-state index contributed by atoms with van der Waals surface area (Å²) >= 11 is 1.53. The lowest BCUT2D eigenvalue weighted by atomic mass is 9.89. The molecule has 1 aliphatic rings. The van der Waals surface area contributed by atoms with Crippen molar-refractivity contribution in [2.45, 2.75) is 44.8 Å². The number of likely N-dealkylation sites (tertiary alicyclic amines) is 1. The van der Waals surface area contributed by atoms with Gasteiger partial charge in [-0.2, -0.15) is 0 Å². The number of hydrogen-bond donors (Lipinski definition) is 0. The maximum Gasteiger partial charge on any atom is 0.410 e. The van der Waals surface area contributed by atoms with Crippen LogP contribution in [-0.4, -0.2) is 34.7 Å². The Morgan fingerprint density at radius 2 is 1.92 bits per heavy atom. The summed E-state index contributed by atoms with van der Waals surface area (Å²) in [5, 5.41) is 2.85. The third kappa shape index (κ3) is 3.88.